The van der Waals surface area contributed by atoms with Gasteiger partial charge in [0.15, 0.2) is 11.6 Å². The maximum absolute atomic E-state index is 13.7. The molecule has 0 aliphatic heterocycles. The smallest absolute Gasteiger partial charge is 0.182 e. The molecule has 0 atom stereocenters. The molecule has 1 aliphatic carbocycles. The number of ether oxygens (including phenoxy) is 1. The molecule has 0 amide bonds. The molecule has 98 valence electrons. The van der Waals surface area contributed by atoms with Crippen LogP contribution in [0.1, 0.15) is 18.4 Å². The maximum atomic E-state index is 13.7. The first-order valence-electron chi connectivity index (χ1n) is 5.60. The summed E-state index contributed by atoms with van der Waals surface area (Å²) in [5, 5.41) is 2.94. The topological polar surface area (TPSA) is 47.3 Å². The third-order valence-corrected chi connectivity index (χ3v) is 3.36. The van der Waals surface area contributed by atoms with Crippen molar-refractivity contribution in [3.63, 3.8) is 0 Å². The second-order valence-corrected chi connectivity index (χ2v) is 4.76. The fourth-order valence-electron chi connectivity index (χ4n) is 1.95. The number of benzene rings is 1. The van der Waals surface area contributed by atoms with Gasteiger partial charge in [0.25, 0.3) is 0 Å². The van der Waals surface area contributed by atoms with Gasteiger partial charge in [0.05, 0.1) is 11.8 Å². The monoisotopic (exact) mass is 272 g/mol. The number of rotatable bonds is 4. The number of thiocarbonyl (C=S) groups is 1. The minimum Gasteiger partial charge on any atom is -0.389 e. The summed E-state index contributed by atoms with van der Waals surface area (Å²) in [4.78, 5) is -0.152. The number of halogens is 2. The summed E-state index contributed by atoms with van der Waals surface area (Å²) in [6.45, 7) is 0. The van der Waals surface area contributed by atoms with E-state index in [0.717, 1.165) is 12.8 Å². The molecular formula is C12H14F2N2OS. The number of hydrogen-bond donors (Lipinski definition) is 2. The van der Waals surface area contributed by atoms with Gasteiger partial charge >= 0.3 is 0 Å². The summed E-state index contributed by atoms with van der Waals surface area (Å²) in [6, 6.07) is 2.95. The summed E-state index contributed by atoms with van der Waals surface area (Å²) in [6.07, 6.45) is 1.77. The lowest BCUT2D eigenvalue weighted by Gasteiger charge is -2.35. The molecule has 3 N–H and O–H groups in total. The maximum Gasteiger partial charge on any atom is 0.182 e. The lowest BCUT2D eigenvalue weighted by Crippen LogP contribution is -2.40. The van der Waals surface area contributed by atoms with Gasteiger partial charge in [-0.3, -0.25) is 0 Å². The second-order valence-electron chi connectivity index (χ2n) is 4.32. The zero-order valence-corrected chi connectivity index (χ0v) is 10.7. The Kier molecular flexibility index (Phi) is 3.77. The number of hydrogen-bond acceptors (Lipinski definition) is 3. The summed E-state index contributed by atoms with van der Waals surface area (Å²) in [7, 11) is 1.64. The Balaban J connectivity index is 2.11. The molecule has 6 heteroatoms. The molecular weight excluding hydrogens is 258 g/mol. The molecule has 0 unspecified atom stereocenters. The predicted molar refractivity (Wildman–Crippen MR) is 69.7 cm³/mol. The van der Waals surface area contributed by atoms with Crippen LogP contribution in [0.4, 0.5) is 14.5 Å². The highest BCUT2D eigenvalue weighted by Gasteiger charge is 2.29. The van der Waals surface area contributed by atoms with Crippen LogP contribution in [0.25, 0.3) is 0 Å². The highest BCUT2D eigenvalue weighted by Crippen LogP contribution is 2.28. The molecule has 1 aliphatic rings. The van der Waals surface area contributed by atoms with Gasteiger partial charge in [-0.05, 0) is 25.0 Å². The van der Waals surface area contributed by atoms with Gasteiger partial charge in [0.2, 0.25) is 0 Å². The quantitative estimate of drug-likeness (QED) is 0.825. The van der Waals surface area contributed by atoms with Crippen LogP contribution in [0.5, 0.6) is 0 Å². The SMILES string of the molecule is COC1CC(Nc2ccc(C(N)=S)c(F)c2F)C1. The first kappa shape index (κ1) is 13.2. The van der Waals surface area contributed by atoms with Gasteiger partial charge in [-0.15, -0.1) is 0 Å². The van der Waals surface area contributed by atoms with Crippen molar-refractivity contribution in [2.24, 2.45) is 5.73 Å². The molecule has 1 saturated carbocycles. The molecule has 2 rings (SSSR count). The van der Waals surface area contributed by atoms with Gasteiger partial charge in [-0.2, -0.15) is 0 Å². The van der Waals surface area contributed by atoms with Crippen LogP contribution < -0.4 is 11.1 Å². The Morgan fingerprint density at radius 3 is 2.61 bits per heavy atom. The average molecular weight is 272 g/mol. The van der Waals surface area contributed by atoms with E-state index < -0.39 is 11.6 Å². The van der Waals surface area contributed by atoms with Crippen LogP contribution in [0.3, 0.4) is 0 Å². The Labute approximate surface area is 109 Å². The van der Waals surface area contributed by atoms with Crippen molar-refractivity contribution < 1.29 is 13.5 Å². The van der Waals surface area contributed by atoms with Crippen LogP contribution in [0.2, 0.25) is 0 Å². The van der Waals surface area contributed by atoms with Crippen LogP contribution in [-0.4, -0.2) is 24.2 Å². The zero-order valence-electron chi connectivity index (χ0n) is 9.87. The molecule has 3 nitrogen and oxygen atoms in total. The third-order valence-electron chi connectivity index (χ3n) is 3.14. The standard InChI is InChI=1S/C12H14F2N2OS/c1-17-7-4-6(5-7)16-9-3-2-8(12(15)18)10(13)11(9)14/h2-3,6-7,16H,4-5H2,1H3,(H2,15,18). The number of anilines is 1. The van der Waals surface area contributed by atoms with Gasteiger partial charge < -0.3 is 15.8 Å². The number of nitrogens with one attached hydrogen (secondary N) is 1. The molecule has 0 bridgehead atoms. The molecule has 18 heavy (non-hydrogen) atoms. The van der Waals surface area contributed by atoms with Crippen molar-refractivity contribution in [2.75, 3.05) is 12.4 Å². The van der Waals surface area contributed by atoms with Gasteiger partial charge in [-0.25, -0.2) is 8.78 Å². The molecule has 0 spiro atoms. The van der Waals surface area contributed by atoms with Crippen molar-refractivity contribution in [2.45, 2.75) is 25.0 Å². The number of nitrogens with two attached hydrogens (primary N) is 1. The van der Waals surface area contributed by atoms with Crippen molar-refractivity contribution >= 4 is 22.9 Å². The second kappa shape index (κ2) is 5.16. The summed E-state index contributed by atoms with van der Waals surface area (Å²) < 4.78 is 32.5. The van der Waals surface area contributed by atoms with E-state index in [-0.39, 0.29) is 28.4 Å². The van der Waals surface area contributed by atoms with E-state index in [1.54, 1.807) is 7.11 Å². The van der Waals surface area contributed by atoms with Gasteiger partial charge in [-0.1, -0.05) is 12.2 Å². The lowest BCUT2D eigenvalue weighted by atomic mass is 9.89. The fraction of sp³-hybridized carbons (Fsp3) is 0.417. The van der Waals surface area contributed by atoms with E-state index in [2.05, 4.69) is 17.5 Å². The lowest BCUT2D eigenvalue weighted by molar-refractivity contribution is 0.0328. The normalized spacial score (nSPS) is 22.4. The molecule has 0 radical (unpaired) electrons. The van der Waals surface area contributed by atoms with Crippen LogP contribution in [-0.2, 0) is 4.74 Å². The Morgan fingerprint density at radius 2 is 2.06 bits per heavy atom. The Hall–Kier alpha value is -1.27. The highest BCUT2D eigenvalue weighted by molar-refractivity contribution is 7.80. The van der Waals surface area contributed by atoms with Gasteiger partial charge in [0, 0.05) is 18.7 Å². The van der Waals surface area contributed by atoms with E-state index in [1.165, 1.54) is 12.1 Å². The minimum atomic E-state index is -1.00. The third kappa shape index (κ3) is 2.44. The largest absolute Gasteiger partial charge is 0.389 e. The van der Waals surface area contributed by atoms with Crippen molar-refractivity contribution in [3.8, 4) is 0 Å². The summed E-state index contributed by atoms with van der Waals surface area (Å²) >= 11 is 4.64. The molecule has 1 aromatic carbocycles. The molecule has 0 saturated heterocycles. The van der Waals surface area contributed by atoms with Crippen LogP contribution in [0.15, 0.2) is 12.1 Å². The van der Waals surface area contributed by atoms with E-state index >= 15 is 0 Å². The molecule has 1 aromatic rings. The van der Waals surface area contributed by atoms with Crippen LogP contribution in [0, 0.1) is 11.6 Å². The summed E-state index contributed by atoms with van der Waals surface area (Å²) in [5.74, 6) is -1.95. The average Bonchev–Trinajstić information content (AvgIpc) is 2.27. The molecule has 0 heterocycles. The van der Waals surface area contributed by atoms with Crippen molar-refractivity contribution in [1.82, 2.24) is 0 Å². The Morgan fingerprint density at radius 1 is 1.39 bits per heavy atom. The van der Waals surface area contributed by atoms with Crippen molar-refractivity contribution in [3.05, 3.63) is 29.3 Å². The fourth-order valence-corrected chi connectivity index (χ4v) is 2.10. The minimum absolute atomic E-state index is 0.0728. The van der Waals surface area contributed by atoms with E-state index in [9.17, 15) is 8.78 Å². The number of methoxy groups -OCH3 is 1. The van der Waals surface area contributed by atoms with Crippen molar-refractivity contribution in [1.29, 1.82) is 0 Å². The highest BCUT2D eigenvalue weighted by atomic mass is 32.1. The van der Waals surface area contributed by atoms with E-state index in [0.29, 0.717) is 0 Å². The first-order chi connectivity index (χ1) is 8.52. The predicted octanol–water partition coefficient (Wildman–Crippen LogP) is 2.19. The molecule has 1 fully saturated rings. The zero-order chi connectivity index (χ0) is 13.3. The van der Waals surface area contributed by atoms with E-state index in [1.807, 2.05) is 0 Å². The van der Waals surface area contributed by atoms with Gasteiger partial charge in [0.1, 0.15) is 4.99 Å². The summed E-state index contributed by atoms with van der Waals surface area (Å²) in [5.41, 5.74) is 5.35. The first-order valence-corrected chi connectivity index (χ1v) is 6.01. The van der Waals surface area contributed by atoms with Crippen LogP contribution >= 0.6 is 12.2 Å². The Bertz CT molecular complexity index is 475. The van der Waals surface area contributed by atoms with E-state index in [4.69, 9.17) is 10.5 Å². The molecule has 0 aromatic heterocycles.